The molecule has 0 radical (unpaired) electrons. The summed E-state index contributed by atoms with van der Waals surface area (Å²) in [5.74, 6) is -0.362. The summed E-state index contributed by atoms with van der Waals surface area (Å²) in [4.78, 5) is 31.1. The molecular formula is C31H31FN2O4S2. The molecule has 1 atom stereocenters. The zero-order valence-electron chi connectivity index (χ0n) is 22.6. The number of amides is 1. The average Bonchev–Trinajstić information content (AvgIpc) is 3.44. The number of thioether (sulfide) groups is 1. The monoisotopic (exact) mass is 578 g/mol. The van der Waals surface area contributed by atoms with Crippen molar-refractivity contribution in [3.63, 3.8) is 0 Å². The van der Waals surface area contributed by atoms with Crippen molar-refractivity contribution in [3.05, 3.63) is 100 Å². The minimum atomic E-state index is -0.725. The van der Waals surface area contributed by atoms with Crippen LogP contribution in [-0.2, 0) is 27.5 Å². The maximum absolute atomic E-state index is 13.4. The van der Waals surface area contributed by atoms with Gasteiger partial charge in [-0.05, 0) is 84.0 Å². The lowest BCUT2D eigenvalue weighted by atomic mass is 9.93. The van der Waals surface area contributed by atoms with Crippen molar-refractivity contribution >= 4 is 35.0 Å². The number of halogens is 1. The molecule has 1 unspecified atom stereocenters. The van der Waals surface area contributed by atoms with Gasteiger partial charge in [0.15, 0.2) is 0 Å². The Morgan fingerprint density at radius 2 is 1.82 bits per heavy atom. The SMILES string of the molecule is COC(=O)C(CCSC)NC(=O)c1ccc(COCc2cnc(-c3ccc(F)cc3)s2)cc1-c1ccccc1C. The van der Waals surface area contributed by atoms with Crippen molar-refractivity contribution in [1.82, 2.24) is 10.3 Å². The van der Waals surface area contributed by atoms with Gasteiger partial charge in [0, 0.05) is 17.3 Å². The third-order valence-electron chi connectivity index (χ3n) is 6.32. The number of aromatic nitrogens is 1. The molecule has 1 heterocycles. The summed E-state index contributed by atoms with van der Waals surface area (Å²) >= 11 is 3.10. The molecule has 1 N–H and O–H groups in total. The molecule has 0 bridgehead atoms. The van der Waals surface area contributed by atoms with Gasteiger partial charge in [0.25, 0.3) is 5.91 Å². The summed E-state index contributed by atoms with van der Waals surface area (Å²) in [6.07, 6.45) is 4.20. The second kappa shape index (κ2) is 14.2. The first-order valence-corrected chi connectivity index (χ1v) is 15.0. The third-order valence-corrected chi connectivity index (χ3v) is 7.99. The Balaban J connectivity index is 1.51. The van der Waals surface area contributed by atoms with Crippen LogP contribution in [0.25, 0.3) is 21.7 Å². The van der Waals surface area contributed by atoms with E-state index in [-0.39, 0.29) is 11.7 Å². The van der Waals surface area contributed by atoms with Gasteiger partial charge < -0.3 is 14.8 Å². The topological polar surface area (TPSA) is 77.5 Å². The van der Waals surface area contributed by atoms with Gasteiger partial charge in [0.05, 0.1) is 25.2 Å². The molecule has 0 spiro atoms. The zero-order chi connectivity index (χ0) is 28.5. The summed E-state index contributed by atoms with van der Waals surface area (Å²) in [7, 11) is 1.32. The van der Waals surface area contributed by atoms with E-state index < -0.39 is 12.0 Å². The lowest BCUT2D eigenvalue weighted by molar-refractivity contribution is -0.142. The van der Waals surface area contributed by atoms with Crippen molar-refractivity contribution in [2.24, 2.45) is 0 Å². The number of carbonyl (C=O) groups excluding carboxylic acids is 2. The lowest BCUT2D eigenvalue weighted by Crippen LogP contribution is -2.42. The van der Waals surface area contributed by atoms with Crippen LogP contribution >= 0.6 is 23.1 Å². The number of nitrogens with zero attached hydrogens (tertiary/aromatic N) is 1. The number of rotatable bonds is 12. The van der Waals surface area contributed by atoms with Crippen LogP contribution in [-0.4, -0.2) is 42.0 Å². The highest BCUT2D eigenvalue weighted by molar-refractivity contribution is 7.98. The number of thiazole rings is 1. The molecule has 208 valence electrons. The number of nitrogens with one attached hydrogen (secondary N) is 1. The summed E-state index contributed by atoms with van der Waals surface area (Å²) in [6.45, 7) is 2.71. The standard InChI is InChI=1S/C31H31FN2O4S2/c1-20-6-4-5-7-25(20)27-16-21(8-13-26(27)29(35)34-28(14-15-39-3)31(36)37-2)18-38-19-24-17-33-30(40-24)22-9-11-23(32)12-10-22/h4-13,16-17,28H,14-15,18-19H2,1-3H3,(H,34,35). The van der Waals surface area contributed by atoms with Gasteiger partial charge in [0.1, 0.15) is 16.9 Å². The Bertz CT molecular complexity index is 1460. The van der Waals surface area contributed by atoms with E-state index in [0.29, 0.717) is 31.0 Å². The van der Waals surface area contributed by atoms with Crippen molar-refractivity contribution < 1.29 is 23.5 Å². The Labute approximate surface area is 242 Å². The first-order valence-electron chi connectivity index (χ1n) is 12.7. The minimum absolute atomic E-state index is 0.281. The Hall–Kier alpha value is -3.53. The highest BCUT2D eigenvalue weighted by atomic mass is 32.2. The maximum Gasteiger partial charge on any atom is 0.328 e. The van der Waals surface area contributed by atoms with Gasteiger partial charge in [-0.1, -0.05) is 30.3 Å². The summed E-state index contributed by atoms with van der Waals surface area (Å²) in [5, 5.41) is 3.67. The number of aryl methyl sites for hydroxylation is 1. The van der Waals surface area contributed by atoms with Crippen LogP contribution in [0.15, 0.2) is 72.9 Å². The Morgan fingerprint density at radius 1 is 1.05 bits per heavy atom. The predicted octanol–water partition coefficient (Wildman–Crippen LogP) is 6.67. The van der Waals surface area contributed by atoms with E-state index in [0.717, 1.165) is 37.7 Å². The first-order chi connectivity index (χ1) is 19.4. The van der Waals surface area contributed by atoms with E-state index in [1.165, 1.54) is 30.6 Å². The Kier molecular flexibility index (Phi) is 10.5. The fraction of sp³-hybridized carbons (Fsp3) is 0.258. The first kappa shape index (κ1) is 29.5. The van der Waals surface area contributed by atoms with Crippen LogP contribution < -0.4 is 5.32 Å². The van der Waals surface area contributed by atoms with Crippen LogP contribution in [0.5, 0.6) is 0 Å². The molecule has 40 heavy (non-hydrogen) atoms. The number of ether oxygens (including phenoxy) is 2. The minimum Gasteiger partial charge on any atom is -0.467 e. The van der Waals surface area contributed by atoms with Gasteiger partial charge in [0.2, 0.25) is 0 Å². The molecule has 9 heteroatoms. The molecule has 1 amide bonds. The molecule has 0 aliphatic carbocycles. The second-order valence-corrected chi connectivity index (χ2v) is 11.3. The molecule has 4 aromatic rings. The Morgan fingerprint density at radius 3 is 2.55 bits per heavy atom. The van der Waals surface area contributed by atoms with E-state index in [2.05, 4.69) is 10.3 Å². The number of methoxy groups -OCH3 is 1. The third kappa shape index (κ3) is 7.56. The van der Waals surface area contributed by atoms with Crippen molar-refractivity contribution in [2.45, 2.75) is 32.6 Å². The highest BCUT2D eigenvalue weighted by Crippen LogP contribution is 2.29. The fourth-order valence-electron chi connectivity index (χ4n) is 4.21. The van der Waals surface area contributed by atoms with Crippen LogP contribution in [0.4, 0.5) is 4.39 Å². The highest BCUT2D eigenvalue weighted by Gasteiger charge is 2.24. The van der Waals surface area contributed by atoms with Crippen LogP contribution in [0.1, 0.15) is 32.8 Å². The number of benzene rings is 3. The number of esters is 1. The number of hydrogen-bond acceptors (Lipinski definition) is 7. The number of hydrogen-bond donors (Lipinski definition) is 1. The molecule has 3 aromatic carbocycles. The van der Waals surface area contributed by atoms with Gasteiger partial charge in [-0.2, -0.15) is 11.8 Å². The van der Waals surface area contributed by atoms with E-state index in [9.17, 15) is 14.0 Å². The fourth-order valence-corrected chi connectivity index (χ4v) is 5.54. The van der Waals surface area contributed by atoms with Gasteiger partial charge in [-0.3, -0.25) is 4.79 Å². The van der Waals surface area contributed by atoms with Gasteiger partial charge >= 0.3 is 5.97 Å². The van der Waals surface area contributed by atoms with E-state index in [1.54, 1.807) is 36.2 Å². The van der Waals surface area contributed by atoms with Crippen LogP contribution in [0, 0.1) is 12.7 Å². The second-order valence-electron chi connectivity index (χ2n) is 9.16. The van der Waals surface area contributed by atoms with E-state index >= 15 is 0 Å². The molecule has 1 aromatic heterocycles. The smallest absolute Gasteiger partial charge is 0.328 e. The van der Waals surface area contributed by atoms with E-state index in [4.69, 9.17) is 9.47 Å². The van der Waals surface area contributed by atoms with Crippen LogP contribution in [0.2, 0.25) is 0 Å². The van der Waals surface area contributed by atoms with Crippen molar-refractivity contribution in [3.8, 4) is 21.7 Å². The largest absolute Gasteiger partial charge is 0.467 e. The average molecular weight is 579 g/mol. The lowest BCUT2D eigenvalue weighted by Gasteiger charge is -2.19. The molecule has 0 fully saturated rings. The predicted molar refractivity (Wildman–Crippen MR) is 159 cm³/mol. The van der Waals surface area contributed by atoms with Crippen LogP contribution in [0.3, 0.4) is 0 Å². The van der Waals surface area contributed by atoms with Crippen molar-refractivity contribution in [2.75, 3.05) is 19.1 Å². The molecule has 0 saturated carbocycles. The zero-order valence-corrected chi connectivity index (χ0v) is 24.2. The summed E-state index contributed by atoms with van der Waals surface area (Å²) in [5.41, 5.74) is 4.96. The summed E-state index contributed by atoms with van der Waals surface area (Å²) in [6, 6.07) is 19.0. The van der Waals surface area contributed by atoms with Gasteiger partial charge in [-0.25, -0.2) is 14.2 Å². The van der Waals surface area contributed by atoms with Gasteiger partial charge in [-0.15, -0.1) is 11.3 Å². The molecule has 0 aliphatic rings. The maximum atomic E-state index is 13.4. The molecular weight excluding hydrogens is 547 g/mol. The molecule has 4 rings (SSSR count). The molecule has 0 aliphatic heterocycles. The van der Waals surface area contributed by atoms with E-state index in [1.807, 2.05) is 49.6 Å². The quantitative estimate of drug-likeness (QED) is 0.189. The number of carbonyl (C=O) groups is 2. The molecule has 6 nitrogen and oxygen atoms in total. The summed E-state index contributed by atoms with van der Waals surface area (Å²) < 4.78 is 24.1. The van der Waals surface area contributed by atoms with Crippen molar-refractivity contribution in [1.29, 1.82) is 0 Å². The normalized spacial score (nSPS) is 11.7. The molecule has 0 saturated heterocycles.